The molecule has 8 heteroatoms. The quantitative estimate of drug-likeness (QED) is 0.551. The molecule has 0 aliphatic carbocycles. The summed E-state index contributed by atoms with van der Waals surface area (Å²) in [4.78, 5) is 17.5. The zero-order chi connectivity index (χ0) is 22.4. The van der Waals surface area contributed by atoms with Crippen LogP contribution in [0.1, 0.15) is 12.0 Å². The van der Waals surface area contributed by atoms with Gasteiger partial charge in [0.1, 0.15) is 11.9 Å². The van der Waals surface area contributed by atoms with E-state index in [1.54, 1.807) is 41.3 Å². The van der Waals surface area contributed by atoms with Crippen molar-refractivity contribution in [1.29, 1.82) is 0 Å². The van der Waals surface area contributed by atoms with Crippen molar-refractivity contribution in [2.24, 2.45) is 0 Å². The van der Waals surface area contributed by atoms with Gasteiger partial charge >= 0.3 is 0 Å². The number of carbonyl (C=O) groups is 1. The molecule has 3 aromatic carbocycles. The van der Waals surface area contributed by atoms with E-state index in [9.17, 15) is 17.9 Å². The number of nitrogens with zero attached hydrogens (tertiary/aromatic N) is 2. The molecule has 1 unspecified atom stereocenters. The number of amides is 1. The lowest BCUT2D eigenvalue weighted by atomic mass is 9.98. The summed E-state index contributed by atoms with van der Waals surface area (Å²) in [7, 11) is 0. The molecule has 0 saturated carbocycles. The number of anilines is 2. The van der Waals surface area contributed by atoms with Crippen molar-refractivity contribution in [3.8, 4) is 11.1 Å². The summed E-state index contributed by atoms with van der Waals surface area (Å²) in [5, 5.41) is 0.0904. The lowest BCUT2D eigenvalue weighted by molar-refractivity contribution is -0.118. The van der Waals surface area contributed by atoms with Crippen LogP contribution >= 0.6 is 11.6 Å². The number of hydrogen-bond donors (Lipinski definition) is 1. The molecule has 1 fully saturated rings. The second-order valence-electron chi connectivity index (χ2n) is 7.91. The Labute approximate surface area is 192 Å². The van der Waals surface area contributed by atoms with E-state index >= 15 is 0 Å². The highest BCUT2D eigenvalue weighted by Crippen LogP contribution is 2.40. The Morgan fingerprint density at radius 2 is 1.84 bits per heavy atom. The van der Waals surface area contributed by atoms with E-state index < -0.39 is 16.9 Å². The summed E-state index contributed by atoms with van der Waals surface area (Å²) in [5.74, 6) is -0.425. The van der Waals surface area contributed by atoms with Crippen LogP contribution in [0.4, 0.5) is 15.8 Å². The average Bonchev–Trinajstić information content (AvgIpc) is 3.39. The number of carbonyl (C=O) groups excluding carboxylic acids is 1. The van der Waals surface area contributed by atoms with Gasteiger partial charge in [0.25, 0.3) is 0 Å². The van der Waals surface area contributed by atoms with E-state index in [1.165, 1.54) is 6.07 Å². The van der Waals surface area contributed by atoms with Crippen molar-refractivity contribution in [2.75, 3.05) is 22.9 Å². The minimum Gasteiger partial charge on any atom is -0.359 e. The number of hydrogen-bond acceptors (Lipinski definition) is 3. The van der Waals surface area contributed by atoms with Crippen molar-refractivity contribution < 1.29 is 17.9 Å². The number of halogens is 2. The minimum absolute atomic E-state index is 0.0194. The van der Waals surface area contributed by atoms with Crippen LogP contribution in [0, 0.1) is 5.82 Å². The Kier molecular flexibility index (Phi) is 5.49. The van der Waals surface area contributed by atoms with Crippen LogP contribution in [-0.2, 0) is 22.3 Å². The number of fused-ring (bicyclic) bond motifs is 1. The first-order valence-electron chi connectivity index (χ1n) is 10.3. The molecule has 0 radical (unpaired) electrons. The summed E-state index contributed by atoms with van der Waals surface area (Å²) in [5.41, 5.74) is 4.74. The normalized spacial score (nSPS) is 18.8. The van der Waals surface area contributed by atoms with Crippen molar-refractivity contribution in [2.45, 2.75) is 23.8 Å². The van der Waals surface area contributed by atoms with Crippen LogP contribution in [0.3, 0.4) is 0 Å². The Balaban J connectivity index is 1.42. The minimum atomic E-state index is -2.04. The fourth-order valence-electron chi connectivity index (χ4n) is 4.67. The third-order valence-corrected chi connectivity index (χ3v) is 7.16. The summed E-state index contributed by atoms with van der Waals surface area (Å²) >= 11 is 3.96. The molecule has 3 aromatic rings. The molecule has 1 saturated heterocycles. The van der Waals surface area contributed by atoms with Gasteiger partial charge in [0, 0.05) is 24.5 Å². The highest BCUT2D eigenvalue weighted by atomic mass is 35.5. The maximum absolute atomic E-state index is 13.6. The van der Waals surface area contributed by atoms with Crippen molar-refractivity contribution >= 4 is 40.0 Å². The second-order valence-corrected chi connectivity index (χ2v) is 9.29. The molecule has 5 rings (SSSR count). The van der Waals surface area contributed by atoms with Crippen LogP contribution < -0.4 is 9.80 Å². The van der Waals surface area contributed by atoms with Crippen molar-refractivity contribution in [1.82, 2.24) is 0 Å². The molecule has 0 aromatic heterocycles. The second kappa shape index (κ2) is 8.31. The van der Waals surface area contributed by atoms with Crippen LogP contribution in [0.25, 0.3) is 11.1 Å². The lowest BCUT2D eigenvalue weighted by Crippen LogP contribution is -2.41. The molecule has 164 valence electrons. The Morgan fingerprint density at radius 1 is 1.06 bits per heavy atom. The topological polar surface area (TPSA) is 60.9 Å². The predicted molar refractivity (Wildman–Crippen MR) is 124 cm³/mol. The fraction of sp³-hybridized carbons (Fsp3) is 0.208. The van der Waals surface area contributed by atoms with Crippen LogP contribution in [0.5, 0.6) is 0 Å². The summed E-state index contributed by atoms with van der Waals surface area (Å²) in [6.07, 6.45) is 1.49. The average molecular weight is 471 g/mol. The van der Waals surface area contributed by atoms with E-state index in [-0.39, 0.29) is 17.0 Å². The Bertz CT molecular complexity index is 1230. The van der Waals surface area contributed by atoms with Gasteiger partial charge in [-0.2, -0.15) is 0 Å². The molecule has 2 aliphatic rings. The molecular weight excluding hydrogens is 451 g/mol. The number of rotatable bonds is 4. The predicted octanol–water partition coefficient (Wildman–Crippen LogP) is 4.89. The molecule has 2 atom stereocenters. The lowest BCUT2D eigenvalue weighted by Gasteiger charge is -2.26. The molecular formula is C24H20ClFN2O3S. The molecule has 1 N–H and O–H groups in total. The maximum atomic E-state index is 13.6. The summed E-state index contributed by atoms with van der Waals surface area (Å²) in [6, 6.07) is 17.0. The molecule has 0 bridgehead atoms. The first-order valence-corrected chi connectivity index (χ1v) is 11.8. The van der Waals surface area contributed by atoms with Crippen molar-refractivity contribution in [3.63, 3.8) is 0 Å². The highest BCUT2D eigenvalue weighted by molar-refractivity contribution is 7.79. The van der Waals surface area contributed by atoms with E-state index in [0.29, 0.717) is 17.9 Å². The maximum Gasteiger partial charge on any atom is 0.249 e. The standard InChI is InChI=1S/C24H20ClFN2O3S/c25-20-14-15(4-9-21(20)26)18-2-1-3-22-19(18)10-12-28(22)23-11-13-27(24(23)29)16-5-7-17(8-6-16)32(30)31/h1-9,14,23H,10-13H2,(H,30,31)/t23-/m0/s1. The summed E-state index contributed by atoms with van der Waals surface area (Å²) < 4.78 is 34.0. The van der Waals surface area contributed by atoms with Crippen LogP contribution in [0.2, 0.25) is 5.02 Å². The smallest absolute Gasteiger partial charge is 0.249 e. The SMILES string of the molecule is O=C1[C@@H](N2CCc3c(-c4ccc(F)c(Cl)c4)cccc32)CCN1c1ccc(S(=O)O)cc1. The first-order chi connectivity index (χ1) is 15.4. The third-order valence-electron chi connectivity index (χ3n) is 6.20. The van der Waals surface area contributed by atoms with Gasteiger partial charge < -0.3 is 14.4 Å². The van der Waals surface area contributed by atoms with Gasteiger partial charge in [0.2, 0.25) is 5.91 Å². The third kappa shape index (κ3) is 3.60. The zero-order valence-electron chi connectivity index (χ0n) is 17.0. The van der Waals surface area contributed by atoms with Crippen LogP contribution in [-0.4, -0.2) is 33.8 Å². The van der Waals surface area contributed by atoms with E-state index in [4.69, 9.17) is 11.6 Å². The molecule has 2 aliphatic heterocycles. The van der Waals surface area contributed by atoms with E-state index in [0.717, 1.165) is 41.0 Å². The molecule has 1 amide bonds. The van der Waals surface area contributed by atoms with Gasteiger partial charge in [-0.1, -0.05) is 29.8 Å². The monoisotopic (exact) mass is 470 g/mol. The van der Waals surface area contributed by atoms with Gasteiger partial charge in [0.05, 0.1) is 9.92 Å². The van der Waals surface area contributed by atoms with E-state index in [2.05, 4.69) is 4.90 Å². The Hall–Kier alpha value is -2.74. The largest absolute Gasteiger partial charge is 0.359 e. The van der Waals surface area contributed by atoms with Gasteiger partial charge in [-0.05, 0) is 72.0 Å². The van der Waals surface area contributed by atoms with Crippen molar-refractivity contribution in [3.05, 3.63) is 77.1 Å². The highest BCUT2D eigenvalue weighted by Gasteiger charge is 2.39. The fourth-order valence-corrected chi connectivity index (χ4v) is 5.22. The van der Waals surface area contributed by atoms with Crippen LogP contribution in [0.15, 0.2) is 65.6 Å². The summed E-state index contributed by atoms with van der Waals surface area (Å²) in [6.45, 7) is 1.32. The molecule has 32 heavy (non-hydrogen) atoms. The van der Waals surface area contributed by atoms with Gasteiger partial charge in [0.15, 0.2) is 11.1 Å². The van der Waals surface area contributed by atoms with Gasteiger partial charge in [-0.15, -0.1) is 0 Å². The number of benzene rings is 3. The first kappa shape index (κ1) is 21.1. The molecule has 0 spiro atoms. The van der Waals surface area contributed by atoms with Gasteiger partial charge in [-0.3, -0.25) is 4.79 Å². The molecule has 5 nitrogen and oxygen atoms in total. The molecule has 2 heterocycles. The Morgan fingerprint density at radius 3 is 2.56 bits per heavy atom. The zero-order valence-corrected chi connectivity index (χ0v) is 18.6. The van der Waals surface area contributed by atoms with E-state index in [1.807, 2.05) is 18.2 Å². The van der Waals surface area contributed by atoms with Gasteiger partial charge in [-0.25, -0.2) is 8.60 Å².